The van der Waals surface area contributed by atoms with Gasteiger partial charge in [0.25, 0.3) is 0 Å². The molecule has 1 unspecified atom stereocenters. The predicted octanol–water partition coefficient (Wildman–Crippen LogP) is 3.25. The highest BCUT2D eigenvalue weighted by Crippen LogP contribution is 2.19. The Labute approximate surface area is 90.7 Å². The summed E-state index contributed by atoms with van der Waals surface area (Å²) >= 11 is 0. The lowest BCUT2D eigenvalue weighted by molar-refractivity contribution is 0.511. The first-order valence-electron chi connectivity index (χ1n) is 5.35. The zero-order chi connectivity index (χ0) is 11.4. The van der Waals surface area contributed by atoms with Crippen LogP contribution >= 0.6 is 0 Å². The van der Waals surface area contributed by atoms with Gasteiger partial charge in [0, 0.05) is 17.4 Å². The highest BCUT2D eigenvalue weighted by molar-refractivity contribution is 5.55. The topological polar surface area (TPSA) is 38.0 Å². The van der Waals surface area contributed by atoms with Crippen molar-refractivity contribution in [1.29, 1.82) is 0 Å². The van der Waals surface area contributed by atoms with Crippen molar-refractivity contribution < 1.29 is 4.39 Å². The Hall–Kier alpha value is -1.25. The van der Waals surface area contributed by atoms with E-state index in [4.69, 9.17) is 5.73 Å². The first-order valence-corrected chi connectivity index (χ1v) is 5.35. The van der Waals surface area contributed by atoms with Gasteiger partial charge >= 0.3 is 0 Å². The molecular weight excluding hydrogens is 191 g/mol. The Bertz CT molecular complexity index is 303. The summed E-state index contributed by atoms with van der Waals surface area (Å²) in [6.07, 6.45) is 1.01. The lowest BCUT2D eigenvalue weighted by atomic mass is 10.0. The van der Waals surface area contributed by atoms with Crippen LogP contribution in [-0.4, -0.2) is 6.04 Å². The van der Waals surface area contributed by atoms with E-state index in [-0.39, 0.29) is 5.82 Å². The van der Waals surface area contributed by atoms with Gasteiger partial charge in [-0.25, -0.2) is 4.39 Å². The second-order valence-corrected chi connectivity index (χ2v) is 4.18. The minimum Gasteiger partial charge on any atom is -0.399 e. The third-order valence-electron chi connectivity index (χ3n) is 2.52. The molecular formula is C12H19FN2. The maximum Gasteiger partial charge on any atom is 0.127 e. The summed E-state index contributed by atoms with van der Waals surface area (Å²) in [5.74, 6) is 0.218. The van der Waals surface area contributed by atoms with Crippen LogP contribution in [-0.2, 0) is 0 Å². The zero-order valence-electron chi connectivity index (χ0n) is 9.55. The maximum absolute atomic E-state index is 13.1. The largest absolute Gasteiger partial charge is 0.399 e. The first-order chi connectivity index (χ1) is 7.02. The number of benzene rings is 1. The summed E-state index contributed by atoms with van der Waals surface area (Å²) in [5, 5.41) is 3.29. The van der Waals surface area contributed by atoms with E-state index >= 15 is 0 Å². The first kappa shape index (κ1) is 11.8. The standard InChI is InChI=1S/C12H19FN2/c1-4-12(8(2)3)15-11-6-9(13)5-10(14)7-11/h5-8,12,15H,4,14H2,1-3H3. The van der Waals surface area contributed by atoms with Crippen molar-refractivity contribution >= 4 is 11.4 Å². The van der Waals surface area contributed by atoms with E-state index in [0.29, 0.717) is 17.6 Å². The molecule has 0 aliphatic rings. The van der Waals surface area contributed by atoms with Crippen molar-refractivity contribution in [2.75, 3.05) is 11.1 Å². The number of halogens is 1. The normalized spacial score (nSPS) is 12.9. The van der Waals surface area contributed by atoms with Crippen molar-refractivity contribution in [2.45, 2.75) is 33.2 Å². The predicted molar refractivity (Wildman–Crippen MR) is 63.4 cm³/mol. The average molecular weight is 210 g/mol. The summed E-state index contributed by atoms with van der Waals surface area (Å²) in [4.78, 5) is 0. The number of nitrogens with two attached hydrogens (primary N) is 1. The van der Waals surface area contributed by atoms with E-state index in [1.165, 1.54) is 12.1 Å². The van der Waals surface area contributed by atoms with Crippen LogP contribution in [0.4, 0.5) is 15.8 Å². The summed E-state index contributed by atoms with van der Waals surface area (Å²) in [7, 11) is 0. The number of anilines is 2. The van der Waals surface area contributed by atoms with E-state index in [9.17, 15) is 4.39 Å². The molecule has 1 atom stereocenters. The van der Waals surface area contributed by atoms with Crippen molar-refractivity contribution in [1.82, 2.24) is 0 Å². The molecule has 0 bridgehead atoms. The van der Waals surface area contributed by atoms with Crippen molar-refractivity contribution in [3.63, 3.8) is 0 Å². The lowest BCUT2D eigenvalue weighted by Crippen LogP contribution is -2.24. The smallest absolute Gasteiger partial charge is 0.127 e. The van der Waals surface area contributed by atoms with Crippen LogP contribution in [0.5, 0.6) is 0 Å². The Morgan fingerprint density at radius 2 is 2.00 bits per heavy atom. The van der Waals surface area contributed by atoms with E-state index < -0.39 is 0 Å². The van der Waals surface area contributed by atoms with Crippen LogP contribution < -0.4 is 11.1 Å². The van der Waals surface area contributed by atoms with Gasteiger partial charge in [0.05, 0.1) is 0 Å². The molecule has 84 valence electrons. The summed E-state index contributed by atoms with van der Waals surface area (Å²) in [6, 6.07) is 4.91. The molecule has 3 heteroatoms. The van der Waals surface area contributed by atoms with E-state index in [0.717, 1.165) is 12.1 Å². The Morgan fingerprint density at radius 3 is 2.47 bits per heavy atom. The fourth-order valence-corrected chi connectivity index (χ4v) is 1.65. The molecule has 0 saturated carbocycles. The molecule has 2 nitrogen and oxygen atoms in total. The monoisotopic (exact) mass is 210 g/mol. The summed E-state index contributed by atoms with van der Waals surface area (Å²) < 4.78 is 13.1. The third-order valence-corrected chi connectivity index (χ3v) is 2.52. The van der Waals surface area contributed by atoms with Gasteiger partial charge in [0.2, 0.25) is 0 Å². The number of nitrogen functional groups attached to an aromatic ring is 1. The number of nitrogens with one attached hydrogen (secondary N) is 1. The fourth-order valence-electron chi connectivity index (χ4n) is 1.65. The fraction of sp³-hybridized carbons (Fsp3) is 0.500. The van der Waals surface area contributed by atoms with Gasteiger partial charge in [-0.2, -0.15) is 0 Å². The van der Waals surface area contributed by atoms with E-state index in [1.54, 1.807) is 6.07 Å². The highest BCUT2D eigenvalue weighted by Gasteiger charge is 2.10. The molecule has 15 heavy (non-hydrogen) atoms. The molecule has 0 fully saturated rings. The van der Waals surface area contributed by atoms with E-state index in [2.05, 4.69) is 26.1 Å². The van der Waals surface area contributed by atoms with Crippen LogP contribution in [0, 0.1) is 11.7 Å². The quantitative estimate of drug-likeness (QED) is 0.749. The molecule has 0 aromatic heterocycles. The Balaban J connectivity index is 2.79. The van der Waals surface area contributed by atoms with Crippen molar-refractivity contribution in [3.8, 4) is 0 Å². The second kappa shape index (κ2) is 5.01. The molecule has 0 saturated heterocycles. The number of hydrogen-bond donors (Lipinski definition) is 2. The number of hydrogen-bond acceptors (Lipinski definition) is 2. The van der Waals surface area contributed by atoms with Gasteiger partial charge in [0.1, 0.15) is 5.82 Å². The average Bonchev–Trinajstić information content (AvgIpc) is 2.12. The van der Waals surface area contributed by atoms with Crippen LogP contribution in [0.2, 0.25) is 0 Å². The SMILES string of the molecule is CCC(Nc1cc(N)cc(F)c1)C(C)C. The molecule has 1 aromatic carbocycles. The minimum atomic E-state index is -0.295. The summed E-state index contributed by atoms with van der Waals surface area (Å²) in [5.41, 5.74) is 6.78. The van der Waals surface area contributed by atoms with Gasteiger partial charge in [-0.3, -0.25) is 0 Å². The Kier molecular flexibility index (Phi) is 3.95. The lowest BCUT2D eigenvalue weighted by Gasteiger charge is -2.22. The molecule has 0 aliphatic heterocycles. The zero-order valence-corrected chi connectivity index (χ0v) is 9.55. The number of rotatable bonds is 4. The van der Waals surface area contributed by atoms with Gasteiger partial charge in [0.15, 0.2) is 0 Å². The van der Waals surface area contributed by atoms with Gasteiger partial charge in [-0.05, 0) is 30.5 Å². The Morgan fingerprint density at radius 1 is 1.33 bits per heavy atom. The minimum absolute atomic E-state index is 0.295. The van der Waals surface area contributed by atoms with Crippen LogP contribution in [0.25, 0.3) is 0 Å². The molecule has 0 aliphatic carbocycles. The molecule has 3 N–H and O–H groups in total. The van der Waals surface area contributed by atoms with Crippen LogP contribution in [0.3, 0.4) is 0 Å². The van der Waals surface area contributed by atoms with Crippen molar-refractivity contribution in [3.05, 3.63) is 24.0 Å². The molecule has 0 heterocycles. The van der Waals surface area contributed by atoms with Gasteiger partial charge in [-0.15, -0.1) is 0 Å². The van der Waals surface area contributed by atoms with Crippen molar-refractivity contribution in [2.24, 2.45) is 5.92 Å². The highest BCUT2D eigenvalue weighted by atomic mass is 19.1. The molecule has 1 rings (SSSR count). The second-order valence-electron chi connectivity index (χ2n) is 4.18. The van der Waals surface area contributed by atoms with E-state index in [1.807, 2.05) is 0 Å². The molecule has 0 amide bonds. The summed E-state index contributed by atoms with van der Waals surface area (Å²) in [6.45, 7) is 6.40. The molecule has 0 spiro atoms. The maximum atomic E-state index is 13.1. The molecule has 0 radical (unpaired) electrons. The third kappa shape index (κ3) is 3.42. The molecule has 1 aromatic rings. The van der Waals surface area contributed by atoms with Crippen LogP contribution in [0.1, 0.15) is 27.2 Å². The van der Waals surface area contributed by atoms with Crippen LogP contribution in [0.15, 0.2) is 18.2 Å². The van der Waals surface area contributed by atoms with Gasteiger partial charge < -0.3 is 11.1 Å². The van der Waals surface area contributed by atoms with Gasteiger partial charge in [-0.1, -0.05) is 20.8 Å².